The third kappa shape index (κ3) is 5.79. The molecular weight excluding hydrogens is 498 g/mol. The molecule has 0 amide bonds. The normalized spacial score (nSPS) is 30.3. The molecule has 4 saturated heterocycles. The Hall–Kier alpha value is -0.280. The summed E-state index contributed by atoms with van der Waals surface area (Å²) in [6.07, 6.45) is 6.86. The van der Waals surface area contributed by atoms with Crippen LogP contribution in [0.3, 0.4) is 0 Å². The third-order valence-corrected chi connectivity index (χ3v) is 13.4. The van der Waals surface area contributed by atoms with Gasteiger partial charge in [-0.2, -0.15) is 0 Å². The van der Waals surface area contributed by atoms with E-state index in [1.165, 1.54) is 51.7 Å². The number of aliphatic hydroxyl groups excluding tert-OH is 2. The summed E-state index contributed by atoms with van der Waals surface area (Å²) >= 11 is 0. The van der Waals surface area contributed by atoms with Gasteiger partial charge in [0.2, 0.25) is 0 Å². The fraction of sp³-hybridized carbons (Fsp3) is 1.00. The summed E-state index contributed by atoms with van der Waals surface area (Å²) in [7, 11) is 4.60. The first-order valence-electron chi connectivity index (χ1n) is 16.7. The highest BCUT2D eigenvalue weighted by atomic mass is 16.3. The van der Waals surface area contributed by atoms with Gasteiger partial charge in [-0.15, -0.1) is 0 Å². The first-order valence-corrected chi connectivity index (χ1v) is 16.7. The maximum Gasteiger partial charge on any atom is 0.0679 e. The molecule has 2 unspecified atom stereocenters. The summed E-state index contributed by atoms with van der Waals surface area (Å²) in [5, 5.41) is 20.3. The number of rotatable bonds is 9. The maximum atomic E-state index is 10.7. The van der Waals surface area contributed by atoms with Crippen molar-refractivity contribution in [3.8, 4) is 0 Å². The Kier molecular flexibility index (Phi) is 10.4. The molecule has 7 heteroatoms. The minimum atomic E-state index is -0.211. The highest BCUT2D eigenvalue weighted by molar-refractivity contribution is 5.21. The van der Waals surface area contributed by atoms with Gasteiger partial charge in [0, 0.05) is 50.3 Å². The Morgan fingerprint density at radius 3 is 1.82 bits per heavy atom. The van der Waals surface area contributed by atoms with E-state index < -0.39 is 0 Å². The Morgan fingerprint density at radius 2 is 1.25 bits per heavy atom. The molecular formula is C33H65N5O2. The fourth-order valence-corrected chi connectivity index (χ4v) is 9.98. The minimum absolute atomic E-state index is 0.0605. The summed E-state index contributed by atoms with van der Waals surface area (Å²) in [4.78, 5) is 13.2. The summed E-state index contributed by atoms with van der Waals surface area (Å²) in [6.45, 7) is 27.7. The van der Waals surface area contributed by atoms with Crippen LogP contribution < -0.4 is 0 Å². The molecule has 4 aliphatic heterocycles. The van der Waals surface area contributed by atoms with Gasteiger partial charge < -0.3 is 24.9 Å². The first kappa shape index (κ1) is 32.6. The molecule has 0 aromatic heterocycles. The van der Waals surface area contributed by atoms with Crippen LogP contribution in [0.25, 0.3) is 0 Å². The van der Waals surface area contributed by atoms with Crippen molar-refractivity contribution in [1.29, 1.82) is 0 Å². The van der Waals surface area contributed by atoms with Crippen molar-refractivity contribution < 1.29 is 10.2 Å². The quantitative estimate of drug-likeness (QED) is 0.447. The van der Waals surface area contributed by atoms with E-state index >= 15 is 0 Å². The minimum Gasteiger partial charge on any atom is -0.395 e. The predicted octanol–water partition coefficient (Wildman–Crippen LogP) is 3.31. The molecule has 3 atom stereocenters. The van der Waals surface area contributed by atoms with Crippen molar-refractivity contribution >= 4 is 0 Å². The molecule has 40 heavy (non-hydrogen) atoms. The predicted molar refractivity (Wildman–Crippen MR) is 167 cm³/mol. The Labute approximate surface area is 247 Å². The zero-order valence-electron chi connectivity index (χ0n) is 27.6. The maximum absolute atomic E-state index is 10.7. The van der Waals surface area contributed by atoms with Crippen molar-refractivity contribution in [2.75, 3.05) is 92.7 Å². The smallest absolute Gasteiger partial charge is 0.0679 e. The van der Waals surface area contributed by atoms with Crippen LogP contribution in [0.15, 0.2) is 0 Å². The lowest BCUT2D eigenvalue weighted by molar-refractivity contribution is -0.206. The second-order valence-corrected chi connectivity index (χ2v) is 15.5. The molecule has 2 N–H and O–H groups in total. The lowest BCUT2D eigenvalue weighted by atomic mass is 9.42. The molecule has 0 aromatic rings. The molecule has 4 aliphatic rings. The van der Waals surface area contributed by atoms with Crippen LogP contribution in [0.5, 0.6) is 0 Å². The monoisotopic (exact) mass is 564 g/mol. The Bertz CT molecular complexity index is 807. The lowest BCUT2D eigenvalue weighted by Gasteiger charge is -2.71. The summed E-state index contributed by atoms with van der Waals surface area (Å²) in [5.41, 5.74) is 0.00831. The molecule has 4 fully saturated rings. The molecule has 0 aromatic carbocycles. The molecule has 0 bridgehead atoms. The number of aliphatic hydroxyl groups is 2. The number of piperidine rings is 2. The van der Waals surface area contributed by atoms with Crippen LogP contribution in [-0.2, 0) is 0 Å². The number of likely N-dealkylation sites (N-methyl/N-ethyl adjacent to an activating group) is 1. The van der Waals surface area contributed by atoms with Crippen molar-refractivity contribution in [2.24, 2.45) is 22.7 Å². The van der Waals surface area contributed by atoms with E-state index in [2.05, 4.69) is 80.1 Å². The van der Waals surface area contributed by atoms with Crippen LogP contribution in [0.2, 0.25) is 0 Å². The lowest BCUT2D eigenvalue weighted by Crippen LogP contribution is -2.78. The van der Waals surface area contributed by atoms with E-state index in [0.717, 1.165) is 58.8 Å². The van der Waals surface area contributed by atoms with E-state index in [0.29, 0.717) is 11.8 Å². The van der Waals surface area contributed by atoms with Crippen molar-refractivity contribution in [2.45, 2.75) is 97.2 Å². The van der Waals surface area contributed by atoms with Crippen LogP contribution in [0, 0.1) is 22.7 Å². The third-order valence-electron chi connectivity index (χ3n) is 13.4. The van der Waals surface area contributed by atoms with Crippen molar-refractivity contribution in [1.82, 2.24) is 24.5 Å². The molecule has 0 saturated carbocycles. The van der Waals surface area contributed by atoms with Crippen LogP contribution in [-0.4, -0.2) is 145 Å². The summed E-state index contributed by atoms with van der Waals surface area (Å²) in [5.74, 6) is 1.30. The number of β-amino-alcohol motifs (C(OH)–C–C–N with tert-alkyl or cyclic N) is 2. The molecule has 7 nitrogen and oxygen atoms in total. The van der Waals surface area contributed by atoms with Gasteiger partial charge in [-0.3, -0.25) is 9.80 Å². The van der Waals surface area contributed by atoms with E-state index in [4.69, 9.17) is 0 Å². The Morgan fingerprint density at radius 1 is 0.650 bits per heavy atom. The molecule has 0 aliphatic carbocycles. The second-order valence-electron chi connectivity index (χ2n) is 15.5. The molecule has 4 rings (SSSR count). The van der Waals surface area contributed by atoms with Gasteiger partial charge in [-0.05, 0) is 129 Å². The van der Waals surface area contributed by atoms with Gasteiger partial charge in [0.15, 0.2) is 0 Å². The summed E-state index contributed by atoms with van der Waals surface area (Å²) in [6, 6.07) is 0. The van der Waals surface area contributed by atoms with Crippen molar-refractivity contribution in [3.05, 3.63) is 0 Å². The van der Waals surface area contributed by atoms with Crippen molar-refractivity contribution in [3.63, 3.8) is 0 Å². The van der Waals surface area contributed by atoms with E-state index in [-0.39, 0.29) is 34.6 Å². The largest absolute Gasteiger partial charge is 0.395 e. The second kappa shape index (κ2) is 12.8. The standard InChI is InChI=1S/C33H65N5O2/c1-30(2,27-12-19-36(20-13-27)24-25-39)32(5,28-10-17-35(8)18-11-28)33(6,37-16-9-15-34(7)22-23-37)31(3,4)38-21-14-29(40)26-38/h27-29,39-40H,9-26H2,1-8H3/t29?,32?,33-/m0/s1. The van der Waals surface area contributed by atoms with E-state index in [1.807, 2.05) is 0 Å². The zero-order valence-corrected chi connectivity index (χ0v) is 27.6. The van der Waals surface area contributed by atoms with Gasteiger partial charge in [0.1, 0.15) is 0 Å². The average molecular weight is 564 g/mol. The van der Waals surface area contributed by atoms with Crippen LogP contribution >= 0.6 is 0 Å². The molecule has 0 radical (unpaired) electrons. The van der Waals surface area contributed by atoms with Crippen LogP contribution in [0.4, 0.5) is 0 Å². The average Bonchev–Trinajstić information content (AvgIpc) is 3.25. The Balaban J connectivity index is 1.83. The van der Waals surface area contributed by atoms with E-state index in [1.54, 1.807) is 0 Å². The summed E-state index contributed by atoms with van der Waals surface area (Å²) < 4.78 is 0. The van der Waals surface area contributed by atoms with Gasteiger partial charge in [0.25, 0.3) is 0 Å². The highest BCUT2D eigenvalue weighted by Gasteiger charge is 2.67. The number of likely N-dealkylation sites (tertiary alicyclic amines) is 3. The zero-order chi connectivity index (χ0) is 29.3. The topological polar surface area (TPSA) is 56.7 Å². The molecule has 234 valence electrons. The number of hydrogen-bond acceptors (Lipinski definition) is 7. The van der Waals surface area contributed by atoms with Gasteiger partial charge in [-0.25, -0.2) is 0 Å². The fourth-order valence-electron chi connectivity index (χ4n) is 9.98. The first-order chi connectivity index (χ1) is 18.8. The molecule has 0 spiro atoms. The number of hydrogen-bond donors (Lipinski definition) is 2. The van der Waals surface area contributed by atoms with Gasteiger partial charge in [0.05, 0.1) is 12.7 Å². The SMILES string of the molecule is CN1CCC(C(C)(C(C)(C)C2CCN(CCO)CC2)[C@@](C)(N2CCCN(C)CC2)C(C)(C)N2CCC(O)C2)CC1. The van der Waals surface area contributed by atoms with E-state index in [9.17, 15) is 10.2 Å². The van der Waals surface area contributed by atoms with Gasteiger partial charge >= 0.3 is 0 Å². The van der Waals surface area contributed by atoms with Crippen LogP contribution in [0.1, 0.15) is 80.1 Å². The number of nitrogens with zero attached hydrogens (tertiary/aromatic N) is 5. The van der Waals surface area contributed by atoms with Gasteiger partial charge in [-0.1, -0.05) is 20.8 Å². The highest BCUT2D eigenvalue weighted by Crippen LogP contribution is 2.64. The molecule has 4 heterocycles.